The predicted molar refractivity (Wildman–Crippen MR) is 108 cm³/mol. The summed E-state index contributed by atoms with van der Waals surface area (Å²) in [5.74, 6) is 1.70. The van der Waals surface area contributed by atoms with Crippen molar-refractivity contribution in [1.29, 1.82) is 0 Å². The Balaban J connectivity index is 1.67. The van der Waals surface area contributed by atoms with Crippen LogP contribution >= 0.6 is 0 Å². The molecule has 0 radical (unpaired) electrons. The zero-order valence-electron chi connectivity index (χ0n) is 17.0. The van der Waals surface area contributed by atoms with Crippen molar-refractivity contribution in [3.63, 3.8) is 0 Å². The van der Waals surface area contributed by atoms with E-state index in [-0.39, 0.29) is 17.6 Å². The SMILES string of the molecule is CN(C)C[C@H]1C[C@@H](O)CN1c1cc(NCC(C)(C)C2=CCOCC2)ncn1. The molecule has 27 heavy (non-hydrogen) atoms. The molecule has 0 amide bonds. The Morgan fingerprint density at radius 3 is 2.89 bits per heavy atom. The molecule has 1 saturated heterocycles. The summed E-state index contributed by atoms with van der Waals surface area (Å²) in [6.45, 7) is 8.34. The fourth-order valence-electron chi connectivity index (χ4n) is 3.93. The van der Waals surface area contributed by atoms with Crippen LogP contribution in [0.2, 0.25) is 0 Å². The predicted octanol–water partition coefficient (Wildman–Crippen LogP) is 1.76. The number of nitrogens with zero attached hydrogens (tertiary/aromatic N) is 4. The molecule has 1 fully saturated rings. The van der Waals surface area contributed by atoms with Crippen LogP contribution in [0.15, 0.2) is 24.0 Å². The molecule has 7 nitrogen and oxygen atoms in total. The summed E-state index contributed by atoms with van der Waals surface area (Å²) < 4.78 is 5.43. The van der Waals surface area contributed by atoms with Crippen LogP contribution in [-0.4, -0.2) is 79.1 Å². The first-order valence-electron chi connectivity index (χ1n) is 9.78. The number of ether oxygens (including phenoxy) is 1. The van der Waals surface area contributed by atoms with Crippen molar-refractivity contribution in [2.75, 3.05) is 57.2 Å². The minimum Gasteiger partial charge on any atom is -0.391 e. The van der Waals surface area contributed by atoms with Crippen LogP contribution in [-0.2, 0) is 4.74 Å². The van der Waals surface area contributed by atoms with Crippen molar-refractivity contribution in [3.8, 4) is 0 Å². The van der Waals surface area contributed by atoms with Crippen LogP contribution in [0.3, 0.4) is 0 Å². The molecule has 0 aliphatic carbocycles. The van der Waals surface area contributed by atoms with E-state index < -0.39 is 0 Å². The van der Waals surface area contributed by atoms with Gasteiger partial charge in [0.2, 0.25) is 0 Å². The number of aliphatic hydroxyl groups is 1. The normalized spacial score (nSPS) is 23.6. The van der Waals surface area contributed by atoms with Gasteiger partial charge in [-0.1, -0.05) is 25.5 Å². The Kier molecular flexibility index (Phi) is 6.34. The lowest BCUT2D eigenvalue weighted by molar-refractivity contribution is 0.146. The Labute approximate surface area is 162 Å². The Morgan fingerprint density at radius 2 is 2.19 bits per heavy atom. The number of hydrogen-bond donors (Lipinski definition) is 2. The number of β-amino-alcohol motifs (C(OH)–C–C–N with tert-alkyl or cyclic N) is 1. The van der Waals surface area contributed by atoms with E-state index in [2.05, 4.69) is 59.1 Å². The zero-order valence-corrected chi connectivity index (χ0v) is 17.0. The minimum atomic E-state index is -0.305. The van der Waals surface area contributed by atoms with E-state index in [9.17, 15) is 5.11 Å². The molecule has 2 aliphatic heterocycles. The van der Waals surface area contributed by atoms with Crippen molar-refractivity contribution in [3.05, 3.63) is 24.0 Å². The van der Waals surface area contributed by atoms with Gasteiger partial charge in [0, 0.05) is 37.2 Å². The van der Waals surface area contributed by atoms with Gasteiger partial charge in [-0.25, -0.2) is 9.97 Å². The number of likely N-dealkylation sites (N-methyl/N-ethyl adjacent to an activating group) is 1. The average Bonchev–Trinajstić information content (AvgIpc) is 3.00. The first kappa shape index (κ1) is 20.0. The molecule has 7 heteroatoms. The van der Waals surface area contributed by atoms with E-state index in [0.717, 1.165) is 44.2 Å². The Morgan fingerprint density at radius 1 is 1.37 bits per heavy atom. The topological polar surface area (TPSA) is 73.8 Å². The number of hydrogen-bond acceptors (Lipinski definition) is 7. The first-order chi connectivity index (χ1) is 12.8. The highest BCUT2D eigenvalue weighted by Crippen LogP contribution is 2.31. The standard InChI is InChI=1S/C20H33N5O2/c1-20(2,15-5-7-27-8-6-15)13-21-18-10-19(23-14-22-18)25-12-17(26)9-16(25)11-24(3)4/h5,10,14,16-17,26H,6-9,11-13H2,1-4H3,(H,21,22,23)/t16-,17-/m1/s1. The third-order valence-electron chi connectivity index (χ3n) is 5.46. The van der Waals surface area contributed by atoms with Crippen LogP contribution in [0.5, 0.6) is 0 Å². The zero-order chi connectivity index (χ0) is 19.4. The highest BCUT2D eigenvalue weighted by molar-refractivity contribution is 5.50. The molecule has 0 unspecified atom stereocenters. The molecule has 3 rings (SSSR count). The van der Waals surface area contributed by atoms with Crippen molar-refractivity contribution in [2.45, 2.75) is 38.8 Å². The van der Waals surface area contributed by atoms with Crippen molar-refractivity contribution in [1.82, 2.24) is 14.9 Å². The number of rotatable bonds is 7. The molecular formula is C20H33N5O2. The highest BCUT2D eigenvalue weighted by Gasteiger charge is 2.32. The molecule has 2 atom stereocenters. The van der Waals surface area contributed by atoms with Gasteiger partial charge < -0.3 is 25.0 Å². The van der Waals surface area contributed by atoms with Crippen molar-refractivity contribution < 1.29 is 9.84 Å². The fourth-order valence-corrected chi connectivity index (χ4v) is 3.93. The van der Waals surface area contributed by atoms with Crippen LogP contribution in [0.1, 0.15) is 26.7 Å². The lowest BCUT2D eigenvalue weighted by atomic mass is 9.81. The molecule has 150 valence electrons. The van der Waals surface area contributed by atoms with Gasteiger partial charge in [-0.3, -0.25) is 0 Å². The summed E-state index contributed by atoms with van der Waals surface area (Å²) >= 11 is 0. The second-order valence-corrected chi connectivity index (χ2v) is 8.51. The number of nitrogens with one attached hydrogen (secondary N) is 1. The van der Waals surface area contributed by atoms with Crippen LogP contribution < -0.4 is 10.2 Å². The molecule has 0 bridgehead atoms. The van der Waals surface area contributed by atoms with Crippen molar-refractivity contribution in [2.24, 2.45) is 5.41 Å². The van der Waals surface area contributed by atoms with E-state index >= 15 is 0 Å². The van der Waals surface area contributed by atoms with Gasteiger partial charge >= 0.3 is 0 Å². The van der Waals surface area contributed by atoms with E-state index in [4.69, 9.17) is 4.74 Å². The fraction of sp³-hybridized carbons (Fsp3) is 0.700. The van der Waals surface area contributed by atoms with E-state index in [0.29, 0.717) is 13.2 Å². The molecule has 1 aromatic rings. The maximum Gasteiger partial charge on any atom is 0.134 e. The number of aromatic nitrogens is 2. The summed E-state index contributed by atoms with van der Waals surface area (Å²) in [6, 6.07) is 2.26. The van der Waals surface area contributed by atoms with Gasteiger partial charge in [-0.2, -0.15) is 0 Å². The smallest absolute Gasteiger partial charge is 0.134 e. The average molecular weight is 376 g/mol. The van der Waals surface area contributed by atoms with Crippen molar-refractivity contribution >= 4 is 11.6 Å². The molecule has 1 aromatic heterocycles. The maximum absolute atomic E-state index is 10.1. The summed E-state index contributed by atoms with van der Waals surface area (Å²) in [6.07, 6.45) is 5.26. The van der Waals surface area contributed by atoms with Gasteiger partial charge in [0.05, 0.1) is 19.3 Å². The second-order valence-electron chi connectivity index (χ2n) is 8.51. The summed E-state index contributed by atoms with van der Waals surface area (Å²) in [4.78, 5) is 13.2. The maximum atomic E-state index is 10.1. The van der Waals surface area contributed by atoms with Crippen LogP contribution in [0.4, 0.5) is 11.6 Å². The van der Waals surface area contributed by atoms with Gasteiger partial charge in [-0.05, 0) is 26.9 Å². The third kappa shape index (κ3) is 5.18. The third-order valence-corrected chi connectivity index (χ3v) is 5.46. The summed E-state index contributed by atoms with van der Waals surface area (Å²) in [7, 11) is 4.12. The molecule has 0 aromatic carbocycles. The van der Waals surface area contributed by atoms with Gasteiger partial charge in [0.15, 0.2) is 0 Å². The van der Waals surface area contributed by atoms with E-state index in [1.807, 2.05) is 6.07 Å². The van der Waals surface area contributed by atoms with E-state index in [1.54, 1.807) is 6.33 Å². The Hall–Kier alpha value is -1.70. The van der Waals surface area contributed by atoms with Gasteiger partial charge in [-0.15, -0.1) is 0 Å². The molecule has 0 spiro atoms. The monoisotopic (exact) mass is 375 g/mol. The number of anilines is 2. The molecule has 2 N–H and O–H groups in total. The quantitative estimate of drug-likeness (QED) is 0.704. The second kappa shape index (κ2) is 8.54. The molecular weight excluding hydrogens is 342 g/mol. The Bertz CT molecular complexity index is 662. The summed E-state index contributed by atoms with van der Waals surface area (Å²) in [5, 5.41) is 13.6. The molecule has 0 saturated carbocycles. The lowest BCUT2D eigenvalue weighted by Gasteiger charge is -2.31. The molecule has 3 heterocycles. The summed E-state index contributed by atoms with van der Waals surface area (Å²) in [5.41, 5.74) is 1.48. The van der Waals surface area contributed by atoms with Crippen LogP contribution in [0.25, 0.3) is 0 Å². The van der Waals surface area contributed by atoms with E-state index in [1.165, 1.54) is 5.57 Å². The van der Waals surface area contributed by atoms with Gasteiger partial charge in [0.25, 0.3) is 0 Å². The lowest BCUT2D eigenvalue weighted by Crippen LogP contribution is -2.38. The largest absolute Gasteiger partial charge is 0.391 e. The van der Waals surface area contributed by atoms with Crippen LogP contribution in [0, 0.1) is 5.41 Å². The molecule has 2 aliphatic rings. The number of aliphatic hydroxyl groups excluding tert-OH is 1. The van der Waals surface area contributed by atoms with Gasteiger partial charge in [0.1, 0.15) is 18.0 Å². The minimum absolute atomic E-state index is 0.0478. The first-order valence-corrected chi connectivity index (χ1v) is 9.78. The highest BCUT2D eigenvalue weighted by atomic mass is 16.5.